The maximum Gasteiger partial charge on any atom is 0.240 e. The Morgan fingerprint density at radius 1 is 1.47 bits per heavy atom. The average Bonchev–Trinajstić information content (AvgIpc) is 2.46. The summed E-state index contributed by atoms with van der Waals surface area (Å²) in [6.07, 6.45) is 4.12. The van der Waals surface area contributed by atoms with Gasteiger partial charge >= 0.3 is 0 Å². The van der Waals surface area contributed by atoms with E-state index in [9.17, 15) is 4.79 Å². The molecule has 0 aromatic heterocycles. The van der Waals surface area contributed by atoms with Gasteiger partial charge in [0.25, 0.3) is 0 Å². The van der Waals surface area contributed by atoms with Crippen molar-refractivity contribution in [1.82, 2.24) is 5.32 Å². The van der Waals surface area contributed by atoms with Crippen LogP contribution in [0.2, 0.25) is 0 Å². The van der Waals surface area contributed by atoms with Gasteiger partial charge in [0.1, 0.15) is 5.41 Å². The number of carbonyl (C=O) groups excluding carboxylic acids is 1. The van der Waals surface area contributed by atoms with Crippen molar-refractivity contribution in [2.24, 2.45) is 5.41 Å². The molecule has 1 amide bonds. The predicted octanol–water partition coefficient (Wildman–Crippen LogP) is 2.78. The van der Waals surface area contributed by atoms with Gasteiger partial charge in [-0.05, 0) is 39.0 Å². The summed E-state index contributed by atoms with van der Waals surface area (Å²) < 4.78 is 5.90. The fourth-order valence-corrected chi connectivity index (χ4v) is 2.53. The van der Waals surface area contributed by atoms with Crippen molar-refractivity contribution in [1.29, 1.82) is 5.26 Å². The van der Waals surface area contributed by atoms with Crippen molar-refractivity contribution in [3.8, 4) is 6.07 Å². The number of carbonyl (C=O) groups is 1. The van der Waals surface area contributed by atoms with E-state index in [2.05, 4.69) is 25.2 Å². The lowest BCUT2D eigenvalue weighted by Gasteiger charge is -2.40. The van der Waals surface area contributed by atoms with Crippen LogP contribution < -0.4 is 5.32 Å². The zero-order valence-electron chi connectivity index (χ0n) is 12.6. The highest BCUT2D eigenvalue weighted by molar-refractivity contribution is 5.85. The summed E-state index contributed by atoms with van der Waals surface area (Å²) in [6, 6.07) is 2.25. The Morgan fingerprint density at radius 3 is 2.58 bits per heavy atom. The molecule has 1 aliphatic heterocycles. The minimum atomic E-state index is -0.917. The molecule has 0 spiro atoms. The lowest BCUT2D eigenvalue weighted by atomic mass is 9.84. The normalized spacial score (nSPS) is 25.1. The number of hydrogen-bond acceptors (Lipinski definition) is 3. The second-order valence-corrected chi connectivity index (χ2v) is 5.70. The van der Waals surface area contributed by atoms with Crippen LogP contribution in [0.25, 0.3) is 0 Å². The summed E-state index contributed by atoms with van der Waals surface area (Å²) in [5.74, 6) is -0.148. The highest BCUT2D eigenvalue weighted by Crippen LogP contribution is 2.32. The van der Waals surface area contributed by atoms with E-state index in [4.69, 9.17) is 10.00 Å². The Balaban J connectivity index is 2.68. The fourth-order valence-electron chi connectivity index (χ4n) is 2.53. The van der Waals surface area contributed by atoms with Crippen LogP contribution in [-0.4, -0.2) is 24.2 Å². The molecule has 1 fully saturated rings. The van der Waals surface area contributed by atoms with Gasteiger partial charge in [0.05, 0.1) is 11.7 Å². The first-order valence-corrected chi connectivity index (χ1v) is 7.31. The van der Waals surface area contributed by atoms with Gasteiger partial charge in [-0.1, -0.05) is 20.8 Å². The van der Waals surface area contributed by atoms with Crippen molar-refractivity contribution in [2.45, 2.75) is 71.4 Å². The summed E-state index contributed by atoms with van der Waals surface area (Å²) in [4.78, 5) is 12.2. The average molecular weight is 266 g/mol. The zero-order chi connectivity index (χ0) is 14.5. The third-order valence-electron chi connectivity index (χ3n) is 4.57. The third-order valence-corrected chi connectivity index (χ3v) is 4.57. The number of rotatable bonds is 5. The number of nitrogens with one attached hydrogen (secondary N) is 1. The first-order valence-electron chi connectivity index (χ1n) is 7.31. The largest absolute Gasteiger partial charge is 0.375 e. The van der Waals surface area contributed by atoms with Crippen LogP contribution in [0.15, 0.2) is 0 Å². The lowest BCUT2D eigenvalue weighted by Crippen LogP contribution is -2.51. The number of nitriles is 1. The van der Waals surface area contributed by atoms with Gasteiger partial charge < -0.3 is 10.1 Å². The molecule has 1 heterocycles. The number of hydrogen-bond donors (Lipinski definition) is 1. The highest BCUT2D eigenvalue weighted by Gasteiger charge is 2.38. The molecule has 0 radical (unpaired) electrons. The van der Waals surface area contributed by atoms with Crippen molar-refractivity contribution >= 4 is 5.91 Å². The molecule has 0 aromatic carbocycles. The van der Waals surface area contributed by atoms with Gasteiger partial charge in [-0.25, -0.2) is 0 Å². The maximum atomic E-state index is 12.2. The van der Waals surface area contributed by atoms with Crippen LogP contribution in [0.4, 0.5) is 0 Å². The Hall–Kier alpha value is -1.08. The molecule has 2 atom stereocenters. The maximum absolute atomic E-state index is 12.2. The lowest BCUT2D eigenvalue weighted by molar-refractivity contribution is -0.132. The smallest absolute Gasteiger partial charge is 0.240 e. The van der Waals surface area contributed by atoms with Gasteiger partial charge in [-0.15, -0.1) is 0 Å². The number of nitrogens with zero attached hydrogens (tertiary/aromatic N) is 1. The first-order chi connectivity index (χ1) is 8.95. The minimum Gasteiger partial charge on any atom is -0.375 e. The fraction of sp³-hybridized carbons (Fsp3) is 0.867. The van der Waals surface area contributed by atoms with E-state index in [0.29, 0.717) is 13.0 Å². The summed E-state index contributed by atoms with van der Waals surface area (Å²) in [7, 11) is 0. The molecule has 0 aromatic rings. The van der Waals surface area contributed by atoms with E-state index >= 15 is 0 Å². The van der Waals surface area contributed by atoms with Gasteiger partial charge in [0, 0.05) is 12.6 Å². The van der Waals surface area contributed by atoms with E-state index in [-0.39, 0.29) is 17.6 Å². The Morgan fingerprint density at radius 2 is 2.11 bits per heavy atom. The second-order valence-electron chi connectivity index (χ2n) is 5.70. The van der Waals surface area contributed by atoms with Gasteiger partial charge in [-0.3, -0.25) is 4.79 Å². The molecule has 4 nitrogen and oxygen atoms in total. The van der Waals surface area contributed by atoms with E-state index in [0.717, 1.165) is 25.7 Å². The summed E-state index contributed by atoms with van der Waals surface area (Å²) in [5, 5.41) is 12.2. The highest BCUT2D eigenvalue weighted by atomic mass is 16.5. The third kappa shape index (κ3) is 3.48. The second kappa shape index (κ2) is 6.38. The quantitative estimate of drug-likeness (QED) is 0.832. The Labute approximate surface area is 116 Å². The number of amides is 1. The van der Waals surface area contributed by atoms with Crippen LogP contribution in [0, 0.1) is 16.7 Å². The number of ether oxygens (including phenoxy) is 1. The molecule has 0 saturated carbocycles. The van der Waals surface area contributed by atoms with Gasteiger partial charge in [0.15, 0.2) is 0 Å². The molecule has 1 saturated heterocycles. The SMILES string of the molecule is CCC1(CC)CC(NC(=O)C(C)(C#N)CC)CCO1. The summed E-state index contributed by atoms with van der Waals surface area (Å²) in [6.45, 7) is 8.50. The van der Waals surface area contributed by atoms with Crippen molar-refractivity contribution in [2.75, 3.05) is 6.61 Å². The van der Waals surface area contributed by atoms with Crippen LogP contribution in [-0.2, 0) is 9.53 Å². The monoisotopic (exact) mass is 266 g/mol. The van der Waals surface area contributed by atoms with Crippen molar-refractivity contribution in [3.05, 3.63) is 0 Å². The van der Waals surface area contributed by atoms with Crippen molar-refractivity contribution < 1.29 is 9.53 Å². The molecule has 1 aliphatic rings. The molecule has 1 rings (SSSR count). The topological polar surface area (TPSA) is 62.1 Å². The molecular weight excluding hydrogens is 240 g/mol. The predicted molar refractivity (Wildman–Crippen MR) is 74.4 cm³/mol. The standard InChI is InChI=1S/C15H26N2O2/c1-5-14(4,11-16)13(18)17-12-8-9-19-15(6-2,7-3)10-12/h12H,5-10H2,1-4H3,(H,17,18). The molecular formula is C15H26N2O2. The summed E-state index contributed by atoms with van der Waals surface area (Å²) in [5.41, 5.74) is -1.02. The van der Waals surface area contributed by atoms with E-state index in [1.165, 1.54) is 0 Å². The molecule has 1 N–H and O–H groups in total. The molecule has 0 bridgehead atoms. The van der Waals surface area contributed by atoms with E-state index in [1.54, 1.807) is 6.92 Å². The van der Waals surface area contributed by atoms with Crippen LogP contribution in [0.3, 0.4) is 0 Å². The molecule has 0 aliphatic carbocycles. The molecule has 4 heteroatoms. The molecule has 2 unspecified atom stereocenters. The molecule has 108 valence electrons. The van der Waals surface area contributed by atoms with Gasteiger partial charge in [-0.2, -0.15) is 5.26 Å². The zero-order valence-corrected chi connectivity index (χ0v) is 12.6. The molecule has 19 heavy (non-hydrogen) atoms. The van der Waals surface area contributed by atoms with Gasteiger partial charge in [0.2, 0.25) is 5.91 Å². The Bertz CT molecular complexity index is 358. The summed E-state index contributed by atoms with van der Waals surface area (Å²) >= 11 is 0. The Kier molecular flexibility index (Phi) is 5.37. The van der Waals surface area contributed by atoms with E-state index in [1.807, 2.05) is 6.92 Å². The van der Waals surface area contributed by atoms with E-state index < -0.39 is 5.41 Å². The van der Waals surface area contributed by atoms with Crippen molar-refractivity contribution in [3.63, 3.8) is 0 Å². The van der Waals surface area contributed by atoms with Crippen LogP contribution in [0.5, 0.6) is 0 Å². The first kappa shape index (κ1) is 16.0. The minimum absolute atomic E-state index is 0.106. The van der Waals surface area contributed by atoms with Crippen LogP contribution in [0.1, 0.15) is 59.8 Å². The van der Waals surface area contributed by atoms with Crippen LogP contribution >= 0.6 is 0 Å².